The third-order valence-corrected chi connectivity index (χ3v) is 3.73. The predicted molar refractivity (Wildman–Crippen MR) is 76.4 cm³/mol. The van der Waals surface area contributed by atoms with Gasteiger partial charge in [-0.15, -0.1) is 0 Å². The lowest BCUT2D eigenvalue weighted by molar-refractivity contribution is -0.145. The van der Waals surface area contributed by atoms with Crippen LogP contribution < -0.4 is 11.2 Å². The number of aromatic amines is 1. The van der Waals surface area contributed by atoms with E-state index in [4.69, 9.17) is 9.47 Å². The molecule has 122 valence electrons. The summed E-state index contributed by atoms with van der Waals surface area (Å²) in [5, 5.41) is 9.39. The monoisotopic (exact) mass is 312 g/mol. The molecule has 0 unspecified atom stereocenters. The number of nitrogens with zero attached hydrogens (tertiary/aromatic N) is 1. The normalized spacial score (nSPS) is 24.4. The van der Waals surface area contributed by atoms with Crippen molar-refractivity contribution in [3.63, 3.8) is 0 Å². The van der Waals surface area contributed by atoms with Gasteiger partial charge in [0.1, 0.15) is 6.23 Å². The maximum Gasteiger partial charge on any atom is 0.330 e. The Morgan fingerprint density at radius 2 is 2.27 bits per heavy atom. The van der Waals surface area contributed by atoms with Gasteiger partial charge in [0, 0.05) is 17.7 Å². The number of carbonyl (C=O) groups excluding carboxylic acids is 1. The molecule has 22 heavy (non-hydrogen) atoms. The first-order chi connectivity index (χ1) is 10.5. The van der Waals surface area contributed by atoms with Gasteiger partial charge < -0.3 is 14.6 Å². The molecule has 1 aliphatic heterocycles. The molecule has 2 heterocycles. The number of carbonyl (C=O) groups is 1. The van der Waals surface area contributed by atoms with E-state index < -0.39 is 23.6 Å². The number of esters is 1. The zero-order valence-corrected chi connectivity index (χ0v) is 12.6. The molecule has 0 aliphatic carbocycles. The summed E-state index contributed by atoms with van der Waals surface area (Å²) in [7, 11) is 0. The number of rotatable bonds is 5. The van der Waals surface area contributed by atoms with Crippen LogP contribution in [0, 0.1) is 12.8 Å². The number of H-pyrrole nitrogens is 1. The quantitative estimate of drug-likeness (QED) is 0.722. The number of ether oxygens (including phenoxy) is 2. The summed E-state index contributed by atoms with van der Waals surface area (Å²) in [5.41, 5.74) is -0.632. The molecule has 0 saturated carbocycles. The average molecular weight is 312 g/mol. The molecular weight excluding hydrogens is 292 g/mol. The lowest BCUT2D eigenvalue weighted by atomic mass is 9.97. The molecule has 8 nitrogen and oxygen atoms in total. The van der Waals surface area contributed by atoms with Crippen LogP contribution in [0.5, 0.6) is 0 Å². The first-order valence-electron chi connectivity index (χ1n) is 7.20. The second-order valence-electron chi connectivity index (χ2n) is 5.30. The van der Waals surface area contributed by atoms with Crippen LogP contribution in [0.15, 0.2) is 15.8 Å². The fraction of sp³-hybridized carbons (Fsp3) is 0.643. The van der Waals surface area contributed by atoms with Crippen LogP contribution in [-0.4, -0.2) is 39.9 Å². The fourth-order valence-electron chi connectivity index (χ4n) is 2.60. The third-order valence-electron chi connectivity index (χ3n) is 3.73. The molecule has 0 amide bonds. The van der Waals surface area contributed by atoms with Crippen molar-refractivity contribution >= 4 is 5.97 Å². The van der Waals surface area contributed by atoms with Crippen molar-refractivity contribution in [3.8, 4) is 0 Å². The van der Waals surface area contributed by atoms with Gasteiger partial charge in [-0.3, -0.25) is 19.1 Å². The van der Waals surface area contributed by atoms with Gasteiger partial charge in [0.2, 0.25) is 0 Å². The van der Waals surface area contributed by atoms with Gasteiger partial charge in [-0.1, -0.05) is 0 Å². The minimum atomic E-state index is -0.625. The summed E-state index contributed by atoms with van der Waals surface area (Å²) in [6, 6.07) is 0. The molecule has 0 spiro atoms. The van der Waals surface area contributed by atoms with Gasteiger partial charge in [0.15, 0.2) is 0 Å². The highest BCUT2D eigenvalue weighted by molar-refractivity contribution is 5.69. The van der Waals surface area contributed by atoms with Crippen LogP contribution >= 0.6 is 0 Å². The van der Waals surface area contributed by atoms with Crippen molar-refractivity contribution in [3.05, 3.63) is 32.6 Å². The standard InChI is InChI=1S/C14H20N2O6/c1-3-21-12(18)5-9-4-11(22-10(9)7-17)16-6-8(2)13(19)15-14(16)20/h6,9-11,17H,3-5,7H2,1-2H3,(H,15,19,20)/t9-,10-,11-/m1/s1. The van der Waals surface area contributed by atoms with Crippen LogP contribution in [0.1, 0.15) is 31.6 Å². The van der Waals surface area contributed by atoms with Crippen molar-refractivity contribution in [2.45, 2.75) is 39.0 Å². The first kappa shape index (κ1) is 16.4. The van der Waals surface area contributed by atoms with Crippen LogP contribution in [0.25, 0.3) is 0 Å². The molecule has 3 atom stereocenters. The van der Waals surface area contributed by atoms with Crippen molar-refractivity contribution in [2.75, 3.05) is 13.2 Å². The Morgan fingerprint density at radius 3 is 2.91 bits per heavy atom. The van der Waals surface area contributed by atoms with Crippen molar-refractivity contribution < 1.29 is 19.4 Å². The van der Waals surface area contributed by atoms with Gasteiger partial charge in [0.05, 0.1) is 25.7 Å². The molecule has 0 radical (unpaired) electrons. The zero-order valence-electron chi connectivity index (χ0n) is 12.6. The van der Waals surface area contributed by atoms with E-state index >= 15 is 0 Å². The molecular formula is C14H20N2O6. The molecule has 8 heteroatoms. The van der Waals surface area contributed by atoms with E-state index in [-0.39, 0.29) is 31.5 Å². The highest BCUT2D eigenvalue weighted by Gasteiger charge is 2.37. The van der Waals surface area contributed by atoms with Crippen LogP contribution in [0.2, 0.25) is 0 Å². The number of aromatic nitrogens is 2. The minimum absolute atomic E-state index is 0.118. The van der Waals surface area contributed by atoms with E-state index in [1.54, 1.807) is 13.8 Å². The molecule has 1 saturated heterocycles. The Bertz CT molecular complexity index is 649. The Kier molecular flexibility index (Phi) is 5.15. The Morgan fingerprint density at radius 1 is 1.55 bits per heavy atom. The zero-order chi connectivity index (χ0) is 16.3. The molecule has 0 bridgehead atoms. The fourth-order valence-corrected chi connectivity index (χ4v) is 2.60. The van der Waals surface area contributed by atoms with Crippen LogP contribution in [0.4, 0.5) is 0 Å². The molecule has 0 aromatic carbocycles. The lowest BCUT2D eigenvalue weighted by Gasteiger charge is -2.15. The van der Waals surface area contributed by atoms with E-state index in [1.807, 2.05) is 0 Å². The third kappa shape index (κ3) is 3.45. The van der Waals surface area contributed by atoms with E-state index in [1.165, 1.54) is 10.8 Å². The summed E-state index contributed by atoms with van der Waals surface area (Å²) >= 11 is 0. The lowest BCUT2D eigenvalue weighted by Crippen LogP contribution is -2.33. The van der Waals surface area contributed by atoms with E-state index in [0.29, 0.717) is 12.0 Å². The SMILES string of the molecule is CCOC(=O)C[C@H]1C[C@H](n2cc(C)c(=O)[nH]c2=O)O[C@@H]1CO. The van der Waals surface area contributed by atoms with Gasteiger partial charge in [-0.05, 0) is 20.3 Å². The first-order valence-corrected chi connectivity index (χ1v) is 7.20. The van der Waals surface area contributed by atoms with Crippen LogP contribution in [0.3, 0.4) is 0 Å². The highest BCUT2D eigenvalue weighted by Crippen LogP contribution is 2.34. The van der Waals surface area contributed by atoms with Crippen LogP contribution in [-0.2, 0) is 14.3 Å². The molecule has 2 N–H and O–H groups in total. The molecule has 1 aromatic rings. The molecule has 1 aliphatic rings. The Balaban J connectivity index is 2.18. The smallest absolute Gasteiger partial charge is 0.330 e. The van der Waals surface area contributed by atoms with E-state index in [2.05, 4.69) is 4.98 Å². The van der Waals surface area contributed by atoms with Crippen molar-refractivity contribution in [1.29, 1.82) is 0 Å². The van der Waals surface area contributed by atoms with Gasteiger partial charge in [-0.2, -0.15) is 0 Å². The Labute approximate surface area is 126 Å². The summed E-state index contributed by atoms with van der Waals surface area (Å²) in [4.78, 5) is 37.1. The second kappa shape index (κ2) is 6.89. The molecule has 1 aromatic heterocycles. The summed E-state index contributed by atoms with van der Waals surface area (Å²) in [5.74, 6) is -0.603. The second-order valence-corrected chi connectivity index (χ2v) is 5.30. The number of hydrogen-bond acceptors (Lipinski definition) is 6. The molecule has 1 fully saturated rings. The maximum atomic E-state index is 11.9. The van der Waals surface area contributed by atoms with Gasteiger partial charge >= 0.3 is 11.7 Å². The highest BCUT2D eigenvalue weighted by atomic mass is 16.5. The topological polar surface area (TPSA) is 111 Å². The number of aryl methyl sites for hydroxylation is 1. The van der Waals surface area contributed by atoms with Crippen molar-refractivity contribution in [2.24, 2.45) is 5.92 Å². The maximum absolute atomic E-state index is 11.9. The Hall–Kier alpha value is -1.93. The summed E-state index contributed by atoms with van der Waals surface area (Å²) < 4.78 is 11.8. The summed E-state index contributed by atoms with van der Waals surface area (Å²) in [6.45, 7) is 3.34. The summed E-state index contributed by atoms with van der Waals surface area (Å²) in [6.07, 6.45) is 0.753. The van der Waals surface area contributed by atoms with Gasteiger partial charge in [0.25, 0.3) is 5.56 Å². The van der Waals surface area contributed by atoms with Crippen molar-refractivity contribution in [1.82, 2.24) is 9.55 Å². The average Bonchev–Trinajstić information content (AvgIpc) is 2.85. The largest absolute Gasteiger partial charge is 0.466 e. The number of nitrogens with one attached hydrogen (secondary N) is 1. The molecule has 2 rings (SSSR count). The number of aliphatic hydroxyl groups is 1. The number of hydrogen-bond donors (Lipinski definition) is 2. The minimum Gasteiger partial charge on any atom is -0.466 e. The van der Waals surface area contributed by atoms with E-state index in [0.717, 1.165) is 0 Å². The van der Waals surface area contributed by atoms with E-state index in [9.17, 15) is 19.5 Å². The van der Waals surface area contributed by atoms with Gasteiger partial charge in [-0.25, -0.2) is 4.79 Å². The predicted octanol–water partition coefficient (Wildman–Crippen LogP) is -0.306. The number of aliphatic hydroxyl groups excluding tert-OH is 1.